The lowest BCUT2D eigenvalue weighted by Crippen LogP contribution is -2.58. The molecule has 0 bridgehead atoms. The minimum Gasteiger partial charge on any atom is -0.465 e. The van der Waals surface area contributed by atoms with E-state index in [-0.39, 0.29) is 5.92 Å². The highest BCUT2D eigenvalue weighted by molar-refractivity contribution is 5.86. The van der Waals surface area contributed by atoms with Crippen LogP contribution < -0.4 is 10.6 Å². The summed E-state index contributed by atoms with van der Waals surface area (Å²) in [4.78, 5) is 25.2. The Bertz CT molecular complexity index is 422. The number of nitriles is 1. The van der Waals surface area contributed by atoms with E-state index in [2.05, 4.69) is 21.6 Å². The summed E-state index contributed by atoms with van der Waals surface area (Å²) in [5, 5.41) is 23.2. The number of carbonyl (C=O) groups is 2. The lowest BCUT2D eigenvalue weighted by atomic mass is 9.88. The molecule has 0 aromatic heterocycles. The fourth-order valence-electron chi connectivity index (χ4n) is 2.44. The van der Waals surface area contributed by atoms with Gasteiger partial charge < -0.3 is 20.6 Å². The Balaban J connectivity index is 2.74. The molecule has 3 N–H and O–H groups in total. The molecule has 1 aliphatic rings. The van der Waals surface area contributed by atoms with Crippen LogP contribution >= 0.6 is 0 Å². The summed E-state index contributed by atoms with van der Waals surface area (Å²) < 4.78 is 0. The van der Waals surface area contributed by atoms with Crippen LogP contribution in [0.4, 0.5) is 4.79 Å². The first-order chi connectivity index (χ1) is 9.78. The van der Waals surface area contributed by atoms with Crippen molar-refractivity contribution in [2.24, 2.45) is 5.92 Å². The van der Waals surface area contributed by atoms with Crippen molar-refractivity contribution in [3.8, 4) is 6.07 Å². The maximum absolute atomic E-state index is 12.3. The van der Waals surface area contributed by atoms with Crippen LogP contribution in [-0.2, 0) is 4.79 Å². The first-order valence-corrected chi connectivity index (χ1v) is 7.19. The van der Waals surface area contributed by atoms with Crippen molar-refractivity contribution in [1.82, 2.24) is 15.5 Å². The van der Waals surface area contributed by atoms with Gasteiger partial charge in [-0.1, -0.05) is 13.8 Å². The van der Waals surface area contributed by atoms with Crippen LogP contribution in [0.2, 0.25) is 0 Å². The SMILES string of the molecule is CC(C)CC(NC(=O)O)C(=O)NC1(C#N)CCN(C)CC1. The lowest BCUT2D eigenvalue weighted by Gasteiger charge is -2.37. The number of amides is 2. The van der Waals surface area contributed by atoms with Crippen molar-refractivity contribution in [3.05, 3.63) is 0 Å². The molecule has 7 nitrogen and oxygen atoms in total. The number of nitrogens with one attached hydrogen (secondary N) is 2. The Morgan fingerprint density at radius 3 is 2.38 bits per heavy atom. The molecule has 0 radical (unpaired) electrons. The van der Waals surface area contributed by atoms with Crippen molar-refractivity contribution < 1.29 is 14.7 Å². The van der Waals surface area contributed by atoms with Crippen LogP contribution in [0.15, 0.2) is 0 Å². The molecular weight excluding hydrogens is 272 g/mol. The van der Waals surface area contributed by atoms with E-state index >= 15 is 0 Å². The lowest BCUT2D eigenvalue weighted by molar-refractivity contribution is -0.125. The number of likely N-dealkylation sites (tertiary alicyclic amines) is 1. The molecule has 1 heterocycles. The predicted octanol–water partition coefficient (Wildman–Crippen LogP) is 0.773. The van der Waals surface area contributed by atoms with Crippen LogP contribution in [0, 0.1) is 17.2 Å². The molecule has 0 aromatic carbocycles. The molecule has 1 unspecified atom stereocenters. The van der Waals surface area contributed by atoms with Gasteiger partial charge in [-0.25, -0.2) is 4.79 Å². The second kappa shape index (κ2) is 7.27. The standard InChI is InChI=1S/C14H24N4O3/c1-10(2)8-11(16-13(20)21)12(19)17-14(9-15)4-6-18(3)7-5-14/h10-11,16H,4-8H2,1-3H3,(H,17,19)(H,20,21). The maximum atomic E-state index is 12.3. The van der Waals surface area contributed by atoms with Gasteiger partial charge in [0.2, 0.25) is 5.91 Å². The Morgan fingerprint density at radius 1 is 1.38 bits per heavy atom. The van der Waals surface area contributed by atoms with Gasteiger partial charge in [0.05, 0.1) is 6.07 Å². The van der Waals surface area contributed by atoms with E-state index in [1.807, 2.05) is 20.9 Å². The Morgan fingerprint density at radius 2 is 1.95 bits per heavy atom. The molecular formula is C14H24N4O3. The molecule has 1 saturated heterocycles. The van der Waals surface area contributed by atoms with Crippen LogP contribution in [0.25, 0.3) is 0 Å². The van der Waals surface area contributed by atoms with Gasteiger partial charge in [0.1, 0.15) is 11.6 Å². The van der Waals surface area contributed by atoms with E-state index < -0.39 is 23.6 Å². The van der Waals surface area contributed by atoms with Gasteiger partial charge in [-0.05, 0) is 32.2 Å². The molecule has 21 heavy (non-hydrogen) atoms. The molecule has 118 valence electrons. The summed E-state index contributed by atoms with van der Waals surface area (Å²) >= 11 is 0. The molecule has 1 aliphatic heterocycles. The minimum atomic E-state index is -1.23. The smallest absolute Gasteiger partial charge is 0.405 e. The third-order valence-corrected chi connectivity index (χ3v) is 3.74. The number of hydrogen-bond acceptors (Lipinski definition) is 4. The van der Waals surface area contributed by atoms with Crippen molar-refractivity contribution in [1.29, 1.82) is 5.26 Å². The fraction of sp³-hybridized carbons (Fsp3) is 0.786. The van der Waals surface area contributed by atoms with E-state index in [0.29, 0.717) is 19.3 Å². The molecule has 2 amide bonds. The van der Waals surface area contributed by atoms with Crippen molar-refractivity contribution in [3.63, 3.8) is 0 Å². The van der Waals surface area contributed by atoms with Crippen molar-refractivity contribution >= 4 is 12.0 Å². The molecule has 1 fully saturated rings. The third kappa shape index (κ3) is 5.23. The van der Waals surface area contributed by atoms with Gasteiger partial charge in [-0.3, -0.25) is 4.79 Å². The quantitative estimate of drug-likeness (QED) is 0.695. The summed E-state index contributed by atoms with van der Waals surface area (Å²) in [6, 6.07) is 1.37. The summed E-state index contributed by atoms with van der Waals surface area (Å²) in [7, 11) is 1.97. The molecule has 7 heteroatoms. The van der Waals surface area contributed by atoms with Gasteiger partial charge in [-0.2, -0.15) is 5.26 Å². The number of nitrogens with zero attached hydrogens (tertiary/aromatic N) is 2. The number of carbonyl (C=O) groups excluding carboxylic acids is 1. The second-order valence-corrected chi connectivity index (χ2v) is 6.12. The minimum absolute atomic E-state index is 0.170. The number of carboxylic acid groups (broad SMARTS) is 1. The van der Waals surface area contributed by atoms with Crippen molar-refractivity contribution in [2.45, 2.75) is 44.7 Å². The highest BCUT2D eigenvalue weighted by Gasteiger charge is 2.37. The van der Waals surface area contributed by atoms with Crippen molar-refractivity contribution in [2.75, 3.05) is 20.1 Å². The average molecular weight is 296 g/mol. The van der Waals surface area contributed by atoms with Gasteiger partial charge in [0.25, 0.3) is 0 Å². The summed E-state index contributed by atoms with van der Waals surface area (Å²) in [5.74, 6) is -0.250. The highest BCUT2D eigenvalue weighted by atomic mass is 16.4. The van der Waals surface area contributed by atoms with Gasteiger partial charge in [0.15, 0.2) is 0 Å². The van der Waals surface area contributed by atoms with Crippen LogP contribution in [0.5, 0.6) is 0 Å². The zero-order valence-electron chi connectivity index (χ0n) is 12.8. The average Bonchev–Trinajstić information content (AvgIpc) is 2.40. The normalized spacial score (nSPS) is 19.6. The first kappa shape index (κ1) is 17.2. The third-order valence-electron chi connectivity index (χ3n) is 3.74. The van der Waals surface area contributed by atoms with Gasteiger partial charge in [0, 0.05) is 13.1 Å². The van der Waals surface area contributed by atoms with E-state index in [4.69, 9.17) is 5.11 Å². The highest BCUT2D eigenvalue weighted by Crippen LogP contribution is 2.21. The molecule has 0 spiro atoms. The molecule has 0 aromatic rings. The maximum Gasteiger partial charge on any atom is 0.405 e. The van der Waals surface area contributed by atoms with Crippen LogP contribution in [0.3, 0.4) is 0 Å². The predicted molar refractivity (Wildman–Crippen MR) is 77.6 cm³/mol. The molecule has 0 aliphatic carbocycles. The number of piperidine rings is 1. The summed E-state index contributed by atoms with van der Waals surface area (Å²) in [6.45, 7) is 5.29. The van der Waals surface area contributed by atoms with Gasteiger partial charge >= 0.3 is 6.09 Å². The largest absolute Gasteiger partial charge is 0.465 e. The fourth-order valence-corrected chi connectivity index (χ4v) is 2.44. The molecule has 1 rings (SSSR count). The molecule has 1 atom stereocenters. The van der Waals surface area contributed by atoms with E-state index in [0.717, 1.165) is 13.1 Å². The summed E-state index contributed by atoms with van der Waals surface area (Å²) in [5.41, 5.74) is -0.890. The van der Waals surface area contributed by atoms with E-state index in [1.54, 1.807) is 0 Å². The first-order valence-electron chi connectivity index (χ1n) is 7.19. The second-order valence-electron chi connectivity index (χ2n) is 6.12. The Kier molecular flexibility index (Phi) is 5.97. The summed E-state index contributed by atoms with van der Waals surface area (Å²) in [6.07, 6.45) is 0.269. The number of hydrogen-bond donors (Lipinski definition) is 3. The topological polar surface area (TPSA) is 105 Å². The zero-order chi connectivity index (χ0) is 16.0. The zero-order valence-corrected chi connectivity index (χ0v) is 12.8. The van der Waals surface area contributed by atoms with Crippen LogP contribution in [-0.4, -0.2) is 53.7 Å². The Hall–Kier alpha value is -1.81. The van der Waals surface area contributed by atoms with Gasteiger partial charge in [-0.15, -0.1) is 0 Å². The Labute approximate surface area is 125 Å². The molecule has 0 saturated carbocycles. The monoisotopic (exact) mass is 296 g/mol. The van der Waals surface area contributed by atoms with Crippen LogP contribution in [0.1, 0.15) is 33.1 Å². The number of rotatable bonds is 5. The van der Waals surface area contributed by atoms with E-state index in [1.165, 1.54) is 0 Å². The van der Waals surface area contributed by atoms with E-state index in [9.17, 15) is 14.9 Å².